The monoisotopic (exact) mass is 343 g/mol. The number of benzene rings is 1. The summed E-state index contributed by atoms with van der Waals surface area (Å²) in [5, 5.41) is 7.18. The van der Waals surface area contributed by atoms with Crippen molar-refractivity contribution in [3.05, 3.63) is 63.3 Å². The summed E-state index contributed by atoms with van der Waals surface area (Å²) in [7, 11) is 0. The molecule has 2 aromatic rings. The third-order valence-electron chi connectivity index (χ3n) is 4.48. The molecule has 0 bridgehead atoms. The van der Waals surface area contributed by atoms with Crippen LogP contribution in [0.4, 0.5) is 4.39 Å². The number of hydrogen-bond donors (Lipinski definition) is 1. The van der Waals surface area contributed by atoms with Gasteiger partial charge in [-0.25, -0.2) is 9.07 Å². The summed E-state index contributed by atoms with van der Waals surface area (Å²) in [4.78, 5) is 24.1. The molecule has 5 nitrogen and oxygen atoms in total. The van der Waals surface area contributed by atoms with E-state index in [-0.39, 0.29) is 23.7 Å². The SMILES string of the molecule is O=C(Cc1ccccc1F)NCCn1nc2c(cc1=O)CCCCC2. The van der Waals surface area contributed by atoms with Crippen molar-refractivity contribution in [2.75, 3.05) is 6.54 Å². The van der Waals surface area contributed by atoms with Gasteiger partial charge in [-0.3, -0.25) is 9.59 Å². The molecule has 0 spiro atoms. The van der Waals surface area contributed by atoms with Crippen LogP contribution in [0.5, 0.6) is 0 Å². The van der Waals surface area contributed by atoms with Gasteiger partial charge in [-0.2, -0.15) is 5.10 Å². The van der Waals surface area contributed by atoms with Crippen molar-refractivity contribution in [1.29, 1.82) is 0 Å². The first-order valence-corrected chi connectivity index (χ1v) is 8.73. The third-order valence-corrected chi connectivity index (χ3v) is 4.48. The van der Waals surface area contributed by atoms with E-state index in [9.17, 15) is 14.0 Å². The van der Waals surface area contributed by atoms with Crippen LogP contribution in [0.3, 0.4) is 0 Å². The molecule has 3 rings (SSSR count). The number of fused-ring (bicyclic) bond motifs is 1. The van der Waals surface area contributed by atoms with Crippen LogP contribution >= 0.6 is 0 Å². The maximum atomic E-state index is 13.5. The van der Waals surface area contributed by atoms with Crippen LogP contribution in [-0.4, -0.2) is 22.2 Å². The second kappa shape index (κ2) is 8.05. The second-order valence-corrected chi connectivity index (χ2v) is 6.36. The molecular weight excluding hydrogens is 321 g/mol. The van der Waals surface area contributed by atoms with Gasteiger partial charge in [0.1, 0.15) is 5.82 Å². The predicted molar refractivity (Wildman–Crippen MR) is 92.9 cm³/mol. The van der Waals surface area contributed by atoms with Gasteiger partial charge in [-0.15, -0.1) is 0 Å². The van der Waals surface area contributed by atoms with E-state index in [1.807, 2.05) is 0 Å². The topological polar surface area (TPSA) is 64.0 Å². The smallest absolute Gasteiger partial charge is 0.267 e. The number of aromatic nitrogens is 2. The number of nitrogens with zero attached hydrogens (tertiary/aromatic N) is 2. The van der Waals surface area contributed by atoms with Crippen molar-refractivity contribution in [3.63, 3.8) is 0 Å². The molecule has 1 heterocycles. The van der Waals surface area contributed by atoms with Gasteiger partial charge in [0.25, 0.3) is 5.56 Å². The molecule has 1 N–H and O–H groups in total. The summed E-state index contributed by atoms with van der Waals surface area (Å²) in [5.74, 6) is -0.658. The minimum atomic E-state index is -0.388. The normalized spacial score (nSPS) is 13.8. The Labute approximate surface area is 145 Å². The standard InChI is InChI=1S/C19H22FN3O2/c20-16-8-5-4-6-14(16)12-18(24)21-10-11-23-19(25)13-15-7-2-1-3-9-17(15)22-23/h4-6,8,13H,1-3,7,9-12H2,(H,21,24). The van der Waals surface area contributed by atoms with Crippen molar-refractivity contribution >= 4 is 5.91 Å². The van der Waals surface area contributed by atoms with E-state index in [1.54, 1.807) is 24.3 Å². The summed E-state index contributed by atoms with van der Waals surface area (Å²) < 4.78 is 15.0. The molecule has 1 aliphatic carbocycles. The molecule has 0 saturated heterocycles. The van der Waals surface area contributed by atoms with E-state index < -0.39 is 0 Å². The van der Waals surface area contributed by atoms with E-state index in [2.05, 4.69) is 10.4 Å². The zero-order valence-electron chi connectivity index (χ0n) is 14.1. The quantitative estimate of drug-likeness (QED) is 0.845. The first kappa shape index (κ1) is 17.3. The summed E-state index contributed by atoms with van der Waals surface area (Å²) in [6, 6.07) is 7.89. The number of rotatable bonds is 5. The zero-order chi connectivity index (χ0) is 17.6. The van der Waals surface area contributed by atoms with Crippen LogP contribution in [-0.2, 0) is 30.6 Å². The Kier molecular flexibility index (Phi) is 5.58. The lowest BCUT2D eigenvalue weighted by molar-refractivity contribution is -0.120. The van der Waals surface area contributed by atoms with E-state index >= 15 is 0 Å². The second-order valence-electron chi connectivity index (χ2n) is 6.36. The number of hydrogen-bond acceptors (Lipinski definition) is 3. The van der Waals surface area contributed by atoms with Gasteiger partial charge in [0.2, 0.25) is 5.91 Å². The highest BCUT2D eigenvalue weighted by Crippen LogP contribution is 2.16. The highest BCUT2D eigenvalue weighted by atomic mass is 19.1. The van der Waals surface area contributed by atoms with Crippen molar-refractivity contribution in [2.24, 2.45) is 0 Å². The number of amides is 1. The Morgan fingerprint density at radius 2 is 2.00 bits per heavy atom. The third kappa shape index (κ3) is 4.53. The minimum Gasteiger partial charge on any atom is -0.354 e. The van der Waals surface area contributed by atoms with Crippen LogP contribution < -0.4 is 10.9 Å². The Bertz CT molecular complexity index is 817. The molecule has 132 valence electrons. The Morgan fingerprint density at radius 3 is 2.84 bits per heavy atom. The van der Waals surface area contributed by atoms with Gasteiger partial charge in [0.15, 0.2) is 0 Å². The highest BCUT2D eigenvalue weighted by Gasteiger charge is 2.12. The molecule has 1 aliphatic rings. The summed E-state index contributed by atoms with van der Waals surface area (Å²) in [6.45, 7) is 0.605. The molecule has 1 amide bonds. The average Bonchev–Trinajstić information content (AvgIpc) is 2.82. The molecule has 1 aromatic heterocycles. The fourth-order valence-corrected chi connectivity index (χ4v) is 3.12. The first-order valence-electron chi connectivity index (χ1n) is 8.73. The van der Waals surface area contributed by atoms with E-state index in [1.165, 1.54) is 10.7 Å². The van der Waals surface area contributed by atoms with Crippen molar-refractivity contribution in [2.45, 2.75) is 45.1 Å². The van der Waals surface area contributed by atoms with Gasteiger partial charge in [-0.1, -0.05) is 24.6 Å². The fraction of sp³-hybridized carbons (Fsp3) is 0.421. The van der Waals surface area contributed by atoms with Crippen molar-refractivity contribution in [1.82, 2.24) is 15.1 Å². The molecule has 0 fully saturated rings. The largest absolute Gasteiger partial charge is 0.354 e. The van der Waals surface area contributed by atoms with Crippen molar-refractivity contribution < 1.29 is 9.18 Å². The van der Waals surface area contributed by atoms with Crippen LogP contribution in [0.25, 0.3) is 0 Å². The molecule has 0 saturated carbocycles. The lowest BCUT2D eigenvalue weighted by Gasteiger charge is -2.10. The maximum Gasteiger partial charge on any atom is 0.267 e. The van der Waals surface area contributed by atoms with E-state index in [0.29, 0.717) is 18.7 Å². The average molecular weight is 343 g/mol. The minimum absolute atomic E-state index is 0.0147. The summed E-state index contributed by atoms with van der Waals surface area (Å²) in [5.41, 5.74) is 2.28. The summed E-state index contributed by atoms with van der Waals surface area (Å²) >= 11 is 0. The number of carbonyl (C=O) groups is 1. The van der Waals surface area contributed by atoms with Gasteiger partial charge in [0, 0.05) is 12.6 Å². The molecule has 25 heavy (non-hydrogen) atoms. The molecule has 1 aromatic carbocycles. The summed E-state index contributed by atoms with van der Waals surface area (Å²) in [6.07, 6.45) is 5.16. The molecule has 0 radical (unpaired) electrons. The zero-order valence-corrected chi connectivity index (χ0v) is 14.1. The first-order chi connectivity index (χ1) is 12.1. The lowest BCUT2D eigenvalue weighted by atomic mass is 10.1. The molecule has 6 heteroatoms. The molecule has 0 aliphatic heterocycles. The van der Waals surface area contributed by atoms with Crippen LogP contribution in [0.1, 0.15) is 36.1 Å². The van der Waals surface area contributed by atoms with Crippen LogP contribution in [0.15, 0.2) is 35.1 Å². The van der Waals surface area contributed by atoms with E-state index in [0.717, 1.165) is 43.4 Å². The van der Waals surface area contributed by atoms with Crippen molar-refractivity contribution in [3.8, 4) is 0 Å². The Hall–Kier alpha value is -2.50. The Balaban J connectivity index is 1.57. The molecular formula is C19H22FN3O2. The highest BCUT2D eigenvalue weighted by molar-refractivity contribution is 5.78. The van der Waals surface area contributed by atoms with Crippen LogP contribution in [0.2, 0.25) is 0 Å². The van der Waals surface area contributed by atoms with Gasteiger partial charge < -0.3 is 5.32 Å². The number of halogens is 1. The van der Waals surface area contributed by atoms with E-state index in [4.69, 9.17) is 0 Å². The van der Waals surface area contributed by atoms with Crippen LogP contribution in [0, 0.1) is 5.82 Å². The van der Waals surface area contributed by atoms with Gasteiger partial charge >= 0.3 is 0 Å². The Morgan fingerprint density at radius 1 is 1.20 bits per heavy atom. The maximum absolute atomic E-state index is 13.5. The number of aryl methyl sites for hydroxylation is 2. The lowest BCUT2D eigenvalue weighted by Crippen LogP contribution is -2.33. The van der Waals surface area contributed by atoms with Gasteiger partial charge in [-0.05, 0) is 42.9 Å². The molecule has 0 unspecified atom stereocenters. The molecule has 0 atom stereocenters. The number of nitrogens with one attached hydrogen (secondary N) is 1. The van der Waals surface area contributed by atoms with Gasteiger partial charge in [0.05, 0.1) is 18.7 Å². The fourth-order valence-electron chi connectivity index (χ4n) is 3.12. The number of carbonyl (C=O) groups excluding carboxylic acids is 1. The predicted octanol–water partition coefficient (Wildman–Crippen LogP) is 2.01.